The van der Waals surface area contributed by atoms with Gasteiger partial charge in [0.25, 0.3) is 11.8 Å². The maximum atomic E-state index is 13.3. The van der Waals surface area contributed by atoms with Gasteiger partial charge in [0.15, 0.2) is 6.54 Å². The summed E-state index contributed by atoms with van der Waals surface area (Å²) >= 11 is 0. The maximum absolute atomic E-state index is 13.3. The van der Waals surface area contributed by atoms with E-state index in [-0.39, 0.29) is 35.9 Å². The van der Waals surface area contributed by atoms with Crippen LogP contribution in [0.15, 0.2) is 23.1 Å². The maximum Gasteiger partial charge on any atom is 0.275 e. The summed E-state index contributed by atoms with van der Waals surface area (Å²) < 4.78 is 39.9. The molecule has 11 heteroatoms. The van der Waals surface area contributed by atoms with Gasteiger partial charge in [0.2, 0.25) is 10.0 Å². The van der Waals surface area contributed by atoms with Crippen molar-refractivity contribution >= 4 is 21.8 Å². The van der Waals surface area contributed by atoms with Crippen LogP contribution in [0.4, 0.5) is 4.39 Å². The second-order valence-electron chi connectivity index (χ2n) is 4.95. The number of carbonyl (C=O) groups excluding carboxylic acids is 2. The molecular formula is C13H20FN4O5S+. The third-order valence-electron chi connectivity index (χ3n) is 3.15. The predicted molar refractivity (Wildman–Crippen MR) is 80.6 cm³/mol. The highest BCUT2D eigenvalue weighted by molar-refractivity contribution is 7.89. The van der Waals surface area contributed by atoms with Crippen LogP contribution in [-0.4, -0.2) is 44.6 Å². The Balaban J connectivity index is 2.89. The van der Waals surface area contributed by atoms with E-state index in [0.717, 1.165) is 18.2 Å². The second kappa shape index (κ2) is 8.68. The molecule has 1 aromatic carbocycles. The van der Waals surface area contributed by atoms with Crippen LogP contribution < -0.4 is 21.3 Å². The van der Waals surface area contributed by atoms with Crippen molar-refractivity contribution < 1.29 is 33.3 Å². The number of amides is 2. The van der Waals surface area contributed by atoms with Crippen molar-refractivity contribution in [2.45, 2.75) is 24.3 Å². The fraction of sp³-hybridized carbons (Fsp3) is 0.385. The molecule has 1 atom stereocenters. The van der Waals surface area contributed by atoms with Gasteiger partial charge in [-0.25, -0.2) is 18.3 Å². The molecule has 0 aliphatic rings. The zero-order valence-electron chi connectivity index (χ0n) is 13.0. The molecule has 9 nitrogen and oxygen atoms in total. The largest absolute Gasteiger partial charge is 0.351 e. The van der Waals surface area contributed by atoms with E-state index in [9.17, 15) is 22.4 Å². The molecule has 0 aromatic heterocycles. The van der Waals surface area contributed by atoms with E-state index >= 15 is 0 Å². The minimum Gasteiger partial charge on any atom is -0.351 e. The summed E-state index contributed by atoms with van der Waals surface area (Å²) in [6.45, 7) is 1.40. The molecule has 0 fully saturated rings. The SMILES string of the molecule is Cc1cc(S(=O)(=O)N[C@H](CCNC(=O)C[NH3+])C(=O)NO)ccc1F. The van der Waals surface area contributed by atoms with Gasteiger partial charge in [0, 0.05) is 6.54 Å². The Labute approximate surface area is 138 Å². The number of carbonyl (C=O) groups is 2. The van der Waals surface area contributed by atoms with Crippen LogP contribution in [0.25, 0.3) is 0 Å². The number of nitrogens with one attached hydrogen (secondary N) is 3. The molecule has 24 heavy (non-hydrogen) atoms. The van der Waals surface area contributed by atoms with Crippen molar-refractivity contribution in [2.75, 3.05) is 13.1 Å². The minimum absolute atomic E-state index is 0.00253. The zero-order valence-corrected chi connectivity index (χ0v) is 13.8. The van der Waals surface area contributed by atoms with Crippen molar-refractivity contribution in [3.63, 3.8) is 0 Å². The zero-order chi connectivity index (χ0) is 18.3. The monoisotopic (exact) mass is 363 g/mol. The number of aryl methyl sites for hydroxylation is 1. The van der Waals surface area contributed by atoms with Gasteiger partial charge in [-0.1, -0.05) is 0 Å². The smallest absolute Gasteiger partial charge is 0.275 e. The van der Waals surface area contributed by atoms with Crippen LogP contribution in [0.3, 0.4) is 0 Å². The number of halogens is 1. The lowest BCUT2D eigenvalue weighted by Gasteiger charge is -2.17. The number of rotatable bonds is 8. The number of hydrogen-bond donors (Lipinski definition) is 5. The topological polar surface area (TPSA) is 152 Å². The van der Waals surface area contributed by atoms with Gasteiger partial charge < -0.3 is 11.1 Å². The molecule has 7 N–H and O–H groups in total. The molecule has 0 saturated carbocycles. The van der Waals surface area contributed by atoms with E-state index in [0.29, 0.717) is 0 Å². The van der Waals surface area contributed by atoms with E-state index in [1.165, 1.54) is 12.4 Å². The van der Waals surface area contributed by atoms with E-state index in [1.54, 1.807) is 0 Å². The summed E-state index contributed by atoms with van der Waals surface area (Å²) in [5.41, 5.74) is 4.86. The Morgan fingerprint density at radius 3 is 2.58 bits per heavy atom. The molecule has 0 aliphatic heterocycles. The summed E-state index contributed by atoms with van der Waals surface area (Å²) in [6.07, 6.45) is -0.0997. The Morgan fingerprint density at radius 1 is 1.38 bits per heavy atom. The van der Waals surface area contributed by atoms with Crippen LogP contribution in [0.2, 0.25) is 0 Å². The van der Waals surface area contributed by atoms with E-state index in [2.05, 4.69) is 15.8 Å². The van der Waals surface area contributed by atoms with Gasteiger partial charge in [0.05, 0.1) is 4.90 Å². The van der Waals surface area contributed by atoms with E-state index in [4.69, 9.17) is 5.21 Å². The second-order valence-corrected chi connectivity index (χ2v) is 6.66. The Hall–Kier alpha value is -2.08. The molecule has 0 saturated heterocycles. The lowest BCUT2D eigenvalue weighted by atomic mass is 10.2. The van der Waals surface area contributed by atoms with Crippen molar-refractivity contribution in [3.05, 3.63) is 29.6 Å². The quantitative estimate of drug-likeness (QED) is 0.268. The lowest BCUT2D eigenvalue weighted by Crippen LogP contribution is -2.57. The van der Waals surface area contributed by atoms with Gasteiger partial charge in [-0.05, 0) is 37.1 Å². The average Bonchev–Trinajstić information content (AvgIpc) is 2.55. The lowest BCUT2D eigenvalue weighted by molar-refractivity contribution is -0.355. The minimum atomic E-state index is -4.12. The van der Waals surface area contributed by atoms with Crippen molar-refractivity contribution in [1.29, 1.82) is 0 Å². The van der Waals surface area contributed by atoms with E-state index in [1.807, 2.05) is 0 Å². The number of benzene rings is 1. The van der Waals surface area contributed by atoms with Gasteiger partial charge in [-0.2, -0.15) is 4.72 Å². The highest BCUT2D eigenvalue weighted by Crippen LogP contribution is 2.15. The molecule has 0 aliphatic carbocycles. The highest BCUT2D eigenvalue weighted by Gasteiger charge is 2.26. The van der Waals surface area contributed by atoms with Crippen LogP contribution in [0.1, 0.15) is 12.0 Å². The summed E-state index contributed by atoms with van der Waals surface area (Å²) in [6, 6.07) is 1.86. The Kier molecular flexibility index (Phi) is 7.22. The molecule has 2 amide bonds. The van der Waals surface area contributed by atoms with Crippen molar-refractivity contribution in [3.8, 4) is 0 Å². The molecule has 1 rings (SSSR count). The predicted octanol–water partition coefficient (Wildman–Crippen LogP) is -1.97. The van der Waals surface area contributed by atoms with Gasteiger partial charge in [-0.15, -0.1) is 0 Å². The van der Waals surface area contributed by atoms with Crippen molar-refractivity contribution in [2.24, 2.45) is 0 Å². The fourth-order valence-electron chi connectivity index (χ4n) is 1.81. The summed E-state index contributed by atoms with van der Waals surface area (Å²) in [4.78, 5) is 22.5. The van der Waals surface area contributed by atoms with Crippen LogP contribution in [-0.2, 0) is 19.6 Å². The first-order valence-corrected chi connectivity index (χ1v) is 8.48. The molecule has 0 spiro atoms. The third kappa shape index (κ3) is 5.53. The van der Waals surface area contributed by atoms with Gasteiger partial charge >= 0.3 is 0 Å². The molecule has 134 valence electrons. The van der Waals surface area contributed by atoms with Crippen molar-refractivity contribution in [1.82, 2.24) is 15.5 Å². The van der Waals surface area contributed by atoms with Crippen LogP contribution in [0.5, 0.6) is 0 Å². The first-order valence-electron chi connectivity index (χ1n) is 6.99. The van der Waals surface area contributed by atoms with Gasteiger partial charge in [-0.3, -0.25) is 14.8 Å². The standard InChI is InChI=1S/C13H19FN4O5S/c1-8-6-9(2-3-10(8)14)24(22,23)18-11(13(20)17-21)4-5-16-12(19)7-15/h2-3,6,11,18,21H,4-5,7,15H2,1H3,(H,16,19)(H,17,20)/p+1/t11-/m1/s1. The molecule has 0 heterocycles. The van der Waals surface area contributed by atoms with Crippen LogP contribution in [0, 0.1) is 12.7 Å². The Morgan fingerprint density at radius 2 is 2.04 bits per heavy atom. The number of hydroxylamine groups is 1. The summed E-state index contributed by atoms with van der Waals surface area (Å²) in [7, 11) is -4.12. The Bertz CT molecular complexity index is 710. The normalized spacial score (nSPS) is 12.5. The summed E-state index contributed by atoms with van der Waals surface area (Å²) in [5, 5.41) is 11.2. The average molecular weight is 363 g/mol. The van der Waals surface area contributed by atoms with E-state index < -0.39 is 27.8 Å². The molecule has 0 radical (unpaired) electrons. The molecule has 0 unspecified atom stereocenters. The fourth-order valence-corrected chi connectivity index (χ4v) is 3.12. The summed E-state index contributed by atoms with van der Waals surface area (Å²) in [5.74, 6) is -1.91. The number of hydrogen-bond acceptors (Lipinski definition) is 5. The highest BCUT2D eigenvalue weighted by atomic mass is 32.2. The first kappa shape index (κ1) is 20.0. The molecule has 1 aromatic rings. The van der Waals surface area contributed by atoms with Crippen LogP contribution >= 0.6 is 0 Å². The molecular weight excluding hydrogens is 343 g/mol. The number of quaternary nitrogens is 1. The number of sulfonamides is 1. The third-order valence-corrected chi connectivity index (χ3v) is 4.62. The molecule has 0 bridgehead atoms. The van der Waals surface area contributed by atoms with Gasteiger partial charge in [0.1, 0.15) is 11.9 Å². The first-order chi connectivity index (χ1) is 11.2.